The van der Waals surface area contributed by atoms with Crippen LogP contribution in [0, 0.1) is 0 Å². The minimum atomic E-state index is -1.29. The monoisotopic (exact) mass is 538 g/mol. The van der Waals surface area contributed by atoms with Gasteiger partial charge in [-0.2, -0.15) is 11.8 Å². The number of amides is 3. The fourth-order valence-electron chi connectivity index (χ4n) is 4.06. The summed E-state index contributed by atoms with van der Waals surface area (Å²) in [5.74, 6) is -3.73. The molecule has 1 fully saturated rings. The van der Waals surface area contributed by atoms with Crippen LogP contribution in [-0.4, -0.2) is 92.6 Å². The van der Waals surface area contributed by atoms with Crippen LogP contribution in [0.4, 0.5) is 0 Å². The molecule has 1 saturated heterocycles. The summed E-state index contributed by atoms with van der Waals surface area (Å²) in [4.78, 5) is 62.9. The fraction of sp³-hybridized carbons (Fsp3) is 0.542. The number of hydrogen-bond acceptors (Lipinski definition) is 8. The minimum absolute atomic E-state index is 0.0837. The maximum absolute atomic E-state index is 13.1. The SMILES string of the molecule is CSCC[C@H](NC(=O)[C@H](CCC(=O)O)NC(=O)[C@@H]1CCCN1C(=O)[C@@H](N)Cc1ccc(O)cc1)C(=O)O. The predicted molar refractivity (Wildman–Crippen MR) is 136 cm³/mol. The van der Waals surface area contributed by atoms with Gasteiger partial charge in [0, 0.05) is 13.0 Å². The summed E-state index contributed by atoms with van der Waals surface area (Å²) in [7, 11) is 0. The molecule has 12 nitrogen and oxygen atoms in total. The lowest BCUT2D eigenvalue weighted by molar-refractivity contribution is -0.143. The number of thioether (sulfide) groups is 1. The maximum atomic E-state index is 13.1. The van der Waals surface area contributed by atoms with E-state index in [1.54, 1.807) is 18.4 Å². The number of carboxylic acid groups (broad SMARTS) is 2. The van der Waals surface area contributed by atoms with E-state index >= 15 is 0 Å². The molecule has 3 amide bonds. The van der Waals surface area contributed by atoms with Crippen LogP contribution in [0.3, 0.4) is 0 Å². The number of nitrogens with zero attached hydrogens (tertiary/aromatic N) is 1. The topological polar surface area (TPSA) is 199 Å². The minimum Gasteiger partial charge on any atom is -0.508 e. The van der Waals surface area contributed by atoms with Gasteiger partial charge < -0.3 is 36.6 Å². The Balaban J connectivity index is 2.08. The van der Waals surface area contributed by atoms with E-state index < -0.39 is 60.2 Å². The molecule has 0 bridgehead atoms. The van der Waals surface area contributed by atoms with Gasteiger partial charge in [0.1, 0.15) is 23.9 Å². The summed E-state index contributed by atoms with van der Waals surface area (Å²) in [5.41, 5.74) is 6.85. The Hall–Kier alpha value is -3.32. The molecule has 7 N–H and O–H groups in total. The largest absolute Gasteiger partial charge is 0.508 e. The van der Waals surface area contributed by atoms with Crippen molar-refractivity contribution >= 4 is 41.4 Å². The maximum Gasteiger partial charge on any atom is 0.326 e. The molecule has 1 aliphatic heterocycles. The van der Waals surface area contributed by atoms with Crippen molar-refractivity contribution in [2.24, 2.45) is 5.73 Å². The third-order valence-corrected chi connectivity index (χ3v) is 6.70. The van der Waals surface area contributed by atoms with Gasteiger partial charge in [-0.05, 0) is 61.8 Å². The summed E-state index contributed by atoms with van der Waals surface area (Å²) in [6, 6.07) is 1.95. The molecular formula is C24H34N4O8S. The highest BCUT2D eigenvalue weighted by Gasteiger charge is 2.38. The van der Waals surface area contributed by atoms with Crippen LogP contribution in [0.2, 0.25) is 0 Å². The molecule has 0 spiro atoms. The quantitative estimate of drug-likeness (QED) is 0.186. The summed E-state index contributed by atoms with van der Waals surface area (Å²) in [5, 5.41) is 32.8. The molecule has 1 aromatic rings. The van der Waals surface area contributed by atoms with Gasteiger partial charge in [-0.3, -0.25) is 19.2 Å². The summed E-state index contributed by atoms with van der Waals surface area (Å²) in [6.07, 6.45) is 2.35. The average molecular weight is 539 g/mol. The van der Waals surface area contributed by atoms with E-state index in [0.29, 0.717) is 25.1 Å². The first-order chi connectivity index (χ1) is 17.5. The average Bonchev–Trinajstić information content (AvgIpc) is 3.34. The van der Waals surface area contributed by atoms with Crippen LogP contribution >= 0.6 is 11.8 Å². The second-order valence-electron chi connectivity index (χ2n) is 8.84. The van der Waals surface area contributed by atoms with Gasteiger partial charge in [0.25, 0.3) is 0 Å². The molecular weight excluding hydrogens is 504 g/mol. The lowest BCUT2D eigenvalue weighted by Gasteiger charge is -2.28. The van der Waals surface area contributed by atoms with Crippen LogP contribution < -0.4 is 16.4 Å². The van der Waals surface area contributed by atoms with Crippen molar-refractivity contribution in [1.29, 1.82) is 0 Å². The zero-order valence-corrected chi connectivity index (χ0v) is 21.4. The van der Waals surface area contributed by atoms with Gasteiger partial charge in [-0.25, -0.2) is 4.79 Å². The van der Waals surface area contributed by atoms with Gasteiger partial charge in [-0.1, -0.05) is 12.1 Å². The molecule has 37 heavy (non-hydrogen) atoms. The lowest BCUT2D eigenvalue weighted by atomic mass is 10.0. The van der Waals surface area contributed by atoms with E-state index in [-0.39, 0.29) is 25.0 Å². The van der Waals surface area contributed by atoms with Crippen molar-refractivity contribution in [1.82, 2.24) is 15.5 Å². The Morgan fingerprint density at radius 1 is 1.08 bits per heavy atom. The Labute approximate surface area is 219 Å². The van der Waals surface area contributed by atoms with Crippen molar-refractivity contribution < 1.29 is 39.3 Å². The number of carbonyl (C=O) groups is 5. The molecule has 1 heterocycles. The molecule has 13 heteroatoms. The molecule has 1 aliphatic rings. The van der Waals surface area contributed by atoms with Crippen molar-refractivity contribution in [3.63, 3.8) is 0 Å². The highest BCUT2D eigenvalue weighted by molar-refractivity contribution is 7.98. The number of hydrogen-bond donors (Lipinski definition) is 6. The van der Waals surface area contributed by atoms with Gasteiger partial charge >= 0.3 is 11.9 Å². The molecule has 0 saturated carbocycles. The first-order valence-corrected chi connectivity index (χ1v) is 13.3. The third-order valence-electron chi connectivity index (χ3n) is 6.05. The number of nitrogens with one attached hydrogen (secondary N) is 2. The Bertz CT molecular complexity index is 974. The number of carboxylic acids is 2. The van der Waals surface area contributed by atoms with Crippen molar-refractivity contribution in [2.75, 3.05) is 18.6 Å². The second-order valence-corrected chi connectivity index (χ2v) is 9.83. The number of rotatable bonds is 14. The molecule has 0 radical (unpaired) electrons. The van der Waals surface area contributed by atoms with Crippen LogP contribution in [0.5, 0.6) is 5.75 Å². The van der Waals surface area contributed by atoms with Gasteiger partial charge in [0.2, 0.25) is 17.7 Å². The molecule has 204 valence electrons. The number of nitrogens with two attached hydrogens (primary N) is 1. The highest BCUT2D eigenvalue weighted by atomic mass is 32.2. The van der Waals surface area contributed by atoms with E-state index in [1.165, 1.54) is 28.8 Å². The van der Waals surface area contributed by atoms with Crippen LogP contribution in [0.1, 0.15) is 37.7 Å². The van der Waals surface area contributed by atoms with Gasteiger partial charge in [0.05, 0.1) is 6.04 Å². The predicted octanol–water partition coefficient (Wildman–Crippen LogP) is -0.0749. The molecule has 2 rings (SSSR count). The summed E-state index contributed by atoms with van der Waals surface area (Å²) in [6.45, 7) is 0.294. The highest BCUT2D eigenvalue weighted by Crippen LogP contribution is 2.20. The third kappa shape index (κ3) is 9.25. The molecule has 0 aromatic heterocycles. The first-order valence-electron chi connectivity index (χ1n) is 11.9. The molecule has 4 atom stereocenters. The van der Waals surface area contributed by atoms with E-state index in [0.717, 1.165) is 5.56 Å². The molecule has 1 aromatic carbocycles. The van der Waals surface area contributed by atoms with E-state index in [2.05, 4.69) is 10.6 Å². The Morgan fingerprint density at radius 2 is 1.76 bits per heavy atom. The van der Waals surface area contributed by atoms with E-state index in [1.807, 2.05) is 0 Å². The standard InChI is InChI=1S/C24H34N4O8S/c1-37-12-10-18(24(35)36)27-21(32)17(8-9-20(30)31)26-22(33)19-3-2-11-28(19)23(34)16(25)13-14-4-6-15(29)7-5-14/h4-7,16-19,29H,2-3,8-13,25H2,1H3,(H,26,33)(H,27,32)(H,30,31)(H,35,36)/t16-,17-,18-,19-/m0/s1. The number of phenolic OH excluding ortho intramolecular Hbond substituents is 1. The van der Waals surface area contributed by atoms with E-state index in [9.17, 15) is 34.2 Å². The number of likely N-dealkylation sites (tertiary alicyclic amines) is 1. The van der Waals surface area contributed by atoms with Gasteiger partial charge in [-0.15, -0.1) is 0 Å². The van der Waals surface area contributed by atoms with E-state index in [4.69, 9.17) is 10.8 Å². The Kier molecular flexibility index (Phi) is 11.7. The van der Waals surface area contributed by atoms with Crippen molar-refractivity contribution in [3.05, 3.63) is 29.8 Å². The molecule has 0 aliphatic carbocycles. The second kappa shape index (κ2) is 14.4. The fourth-order valence-corrected chi connectivity index (χ4v) is 4.53. The van der Waals surface area contributed by atoms with Crippen LogP contribution in [-0.2, 0) is 30.4 Å². The number of phenols is 1. The van der Waals surface area contributed by atoms with Gasteiger partial charge in [0.15, 0.2) is 0 Å². The smallest absolute Gasteiger partial charge is 0.326 e. The lowest BCUT2D eigenvalue weighted by Crippen LogP contribution is -2.56. The molecule has 0 unspecified atom stereocenters. The number of aromatic hydroxyl groups is 1. The zero-order valence-electron chi connectivity index (χ0n) is 20.6. The van der Waals surface area contributed by atoms with Crippen LogP contribution in [0.25, 0.3) is 0 Å². The normalized spacial score (nSPS) is 17.5. The summed E-state index contributed by atoms with van der Waals surface area (Å²) < 4.78 is 0. The number of benzene rings is 1. The zero-order chi connectivity index (χ0) is 27.5. The number of aliphatic carboxylic acids is 2. The van der Waals surface area contributed by atoms with Crippen LogP contribution in [0.15, 0.2) is 24.3 Å². The summed E-state index contributed by atoms with van der Waals surface area (Å²) >= 11 is 1.41. The van der Waals surface area contributed by atoms with Crippen molar-refractivity contribution in [2.45, 2.75) is 62.7 Å². The number of carbonyl (C=O) groups excluding carboxylic acids is 3. The Morgan fingerprint density at radius 3 is 2.35 bits per heavy atom. The van der Waals surface area contributed by atoms with Crippen molar-refractivity contribution in [3.8, 4) is 5.75 Å². The first kappa shape index (κ1) is 29.9.